The molecule has 0 saturated carbocycles. The Balaban J connectivity index is 1.36. The second-order valence-corrected chi connectivity index (χ2v) is 7.78. The van der Waals surface area contributed by atoms with Crippen LogP contribution in [0, 0.1) is 0 Å². The fourth-order valence-electron chi connectivity index (χ4n) is 3.81. The molecule has 0 unspecified atom stereocenters. The van der Waals surface area contributed by atoms with Gasteiger partial charge in [0.15, 0.2) is 0 Å². The fourth-order valence-corrected chi connectivity index (χ4v) is 3.81. The van der Waals surface area contributed by atoms with Crippen LogP contribution in [0.5, 0.6) is 0 Å². The van der Waals surface area contributed by atoms with Crippen LogP contribution in [0.15, 0.2) is 89.7 Å². The molecule has 2 heterocycles. The molecule has 0 aliphatic carbocycles. The van der Waals surface area contributed by atoms with Crippen LogP contribution < -0.4 is 10.9 Å². The second kappa shape index (κ2) is 8.59. The van der Waals surface area contributed by atoms with Crippen LogP contribution in [0.3, 0.4) is 0 Å². The summed E-state index contributed by atoms with van der Waals surface area (Å²) < 4.78 is 0. The summed E-state index contributed by atoms with van der Waals surface area (Å²) in [5.74, 6) is -1.22. The summed E-state index contributed by atoms with van der Waals surface area (Å²) in [6, 6.07) is 23.7. The van der Waals surface area contributed by atoms with Crippen molar-refractivity contribution in [1.29, 1.82) is 0 Å². The molecule has 0 spiro atoms. The Labute approximate surface area is 193 Å². The van der Waals surface area contributed by atoms with E-state index in [9.17, 15) is 19.2 Å². The molecule has 3 amide bonds. The maximum atomic E-state index is 12.9. The van der Waals surface area contributed by atoms with Crippen molar-refractivity contribution in [2.75, 3.05) is 5.32 Å². The number of hydrogen-bond acceptors (Lipinski definition) is 5. The molecule has 0 fully saturated rings. The van der Waals surface area contributed by atoms with Crippen LogP contribution in [0.2, 0.25) is 0 Å². The zero-order valence-electron chi connectivity index (χ0n) is 17.8. The normalized spacial score (nSPS) is 12.5. The number of anilines is 1. The smallest absolute Gasteiger partial charge is 0.264 e. The molecule has 0 atom stereocenters. The number of aromatic amines is 1. The summed E-state index contributed by atoms with van der Waals surface area (Å²) in [6.07, 6.45) is 0. The molecule has 1 aliphatic rings. The highest BCUT2D eigenvalue weighted by Crippen LogP contribution is 2.26. The molecule has 1 aliphatic heterocycles. The quantitative estimate of drug-likeness (QED) is 0.452. The Bertz CT molecular complexity index is 1470. The van der Waals surface area contributed by atoms with Crippen LogP contribution in [0.1, 0.15) is 36.6 Å². The molecule has 5 rings (SSSR count). The van der Waals surface area contributed by atoms with Gasteiger partial charge in [0, 0.05) is 22.9 Å². The first-order valence-electron chi connectivity index (χ1n) is 10.5. The minimum atomic E-state index is -0.426. The third-order valence-electron chi connectivity index (χ3n) is 5.51. The number of H-pyrrole nitrogens is 1. The molecule has 0 saturated heterocycles. The number of benzene rings is 3. The van der Waals surface area contributed by atoms with Crippen molar-refractivity contribution in [3.8, 4) is 11.3 Å². The van der Waals surface area contributed by atoms with E-state index in [0.717, 1.165) is 5.56 Å². The summed E-state index contributed by atoms with van der Waals surface area (Å²) in [5, 5.41) is 9.17. The van der Waals surface area contributed by atoms with Gasteiger partial charge in [-0.25, -0.2) is 5.10 Å². The summed E-state index contributed by atoms with van der Waals surface area (Å²) in [4.78, 5) is 51.0. The Hall–Kier alpha value is -4.85. The fraction of sp³-hybridized carbons (Fsp3) is 0.0385. The lowest BCUT2D eigenvalue weighted by molar-refractivity contribution is 0.0642. The van der Waals surface area contributed by atoms with E-state index in [1.807, 2.05) is 30.3 Å². The molecule has 8 nitrogen and oxygen atoms in total. The first-order valence-corrected chi connectivity index (χ1v) is 10.5. The number of rotatable bonds is 5. The lowest BCUT2D eigenvalue weighted by atomic mass is 10.0. The number of carbonyl (C=O) groups is 3. The lowest BCUT2D eigenvalue weighted by Gasteiger charge is -2.13. The Morgan fingerprint density at radius 3 is 2.38 bits per heavy atom. The summed E-state index contributed by atoms with van der Waals surface area (Å²) in [6.45, 7) is 0.167. The van der Waals surface area contributed by atoms with Crippen LogP contribution in [-0.2, 0) is 6.54 Å². The molecular formula is C26H18N4O4. The Kier molecular flexibility index (Phi) is 5.31. The molecule has 1 aromatic heterocycles. The van der Waals surface area contributed by atoms with E-state index in [4.69, 9.17) is 0 Å². The third-order valence-corrected chi connectivity index (χ3v) is 5.51. The molecule has 8 heteroatoms. The molecule has 2 N–H and O–H groups in total. The average molecular weight is 450 g/mol. The largest absolute Gasteiger partial charge is 0.322 e. The molecule has 166 valence electrons. The van der Waals surface area contributed by atoms with Gasteiger partial charge >= 0.3 is 0 Å². The summed E-state index contributed by atoms with van der Waals surface area (Å²) in [7, 11) is 0. The van der Waals surface area contributed by atoms with Crippen molar-refractivity contribution in [3.63, 3.8) is 0 Å². The van der Waals surface area contributed by atoms with Crippen molar-refractivity contribution >= 4 is 23.4 Å². The van der Waals surface area contributed by atoms with E-state index in [0.29, 0.717) is 16.9 Å². The van der Waals surface area contributed by atoms with Crippen molar-refractivity contribution in [2.45, 2.75) is 6.54 Å². The number of carbonyl (C=O) groups excluding carboxylic acids is 3. The number of nitrogens with one attached hydrogen (secondary N) is 2. The van der Waals surface area contributed by atoms with E-state index in [-0.39, 0.29) is 34.7 Å². The predicted molar refractivity (Wildman–Crippen MR) is 125 cm³/mol. The monoisotopic (exact) mass is 450 g/mol. The maximum absolute atomic E-state index is 12.9. The van der Waals surface area contributed by atoms with E-state index < -0.39 is 11.8 Å². The predicted octanol–water partition coefficient (Wildman–Crippen LogP) is 3.49. The van der Waals surface area contributed by atoms with Gasteiger partial charge in [-0.15, -0.1) is 0 Å². The first-order chi connectivity index (χ1) is 16.5. The van der Waals surface area contributed by atoms with Crippen molar-refractivity contribution in [1.82, 2.24) is 15.1 Å². The second-order valence-electron chi connectivity index (χ2n) is 7.78. The van der Waals surface area contributed by atoms with Crippen molar-refractivity contribution < 1.29 is 14.4 Å². The first kappa shape index (κ1) is 21.0. The molecule has 34 heavy (non-hydrogen) atoms. The lowest BCUT2D eigenvalue weighted by Crippen LogP contribution is -2.29. The number of aromatic nitrogens is 2. The topological polar surface area (TPSA) is 112 Å². The van der Waals surface area contributed by atoms with Gasteiger partial charge in [-0.05, 0) is 42.0 Å². The van der Waals surface area contributed by atoms with Gasteiger partial charge in [-0.1, -0.05) is 42.5 Å². The molecule has 0 radical (unpaired) electrons. The molecule has 3 aromatic carbocycles. The van der Waals surface area contributed by atoms with Gasteiger partial charge in [0.25, 0.3) is 23.3 Å². The average Bonchev–Trinajstić information content (AvgIpc) is 3.09. The molecule has 0 bridgehead atoms. The van der Waals surface area contributed by atoms with Gasteiger partial charge in [-0.3, -0.25) is 24.1 Å². The SMILES string of the molecule is O=C(Nc1cccc(-c2ccc(=O)[nH]n2)c1)c1ccc2c(c1)C(=O)N(Cc1ccccc1)C2=O. The van der Waals surface area contributed by atoms with Crippen molar-refractivity contribution in [3.05, 3.63) is 118 Å². The highest BCUT2D eigenvalue weighted by Gasteiger charge is 2.36. The third kappa shape index (κ3) is 4.00. The van der Waals surface area contributed by atoms with E-state index in [1.165, 1.54) is 29.2 Å². The number of hydrogen-bond donors (Lipinski definition) is 2. The van der Waals surface area contributed by atoms with Crippen LogP contribution in [0.4, 0.5) is 5.69 Å². The minimum Gasteiger partial charge on any atom is -0.322 e. The van der Waals surface area contributed by atoms with Gasteiger partial charge in [0.2, 0.25) is 0 Å². The number of amides is 3. The summed E-state index contributed by atoms with van der Waals surface area (Å²) in [5.41, 5.74) is 3.06. The number of imide groups is 1. The van der Waals surface area contributed by atoms with Crippen molar-refractivity contribution in [2.24, 2.45) is 0 Å². The summed E-state index contributed by atoms with van der Waals surface area (Å²) >= 11 is 0. The van der Waals surface area contributed by atoms with E-state index in [1.54, 1.807) is 30.3 Å². The van der Waals surface area contributed by atoms with Gasteiger partial charge in [-0.2, -0.15) is 5.10 Å². The number of nitrogens with zero attached hydrogens (tertiary/aromatic N) is 2. The minimum absolute atomic E-state index is 0.167. The Morgan fingerprint density at radius 2 is 1.62 bits per heavy atom. The zero-order chi connectivity index (χ0) is 23.7. The maximum Gasteiger partial charge on any atom is 0.264 e. The molecular weight excluding hydrogens is 432 g/mol. The zero-order valence-corrected chi connectivity index (χ0v) is 17.8. The van der Waals surface area contributed by atoms with Crippen LogP contribution in [0.25, 0.3) is 11.3 Å². The highest BCUT2D eigenvalue weighted by molar-refractivity contribution is 6.22. The van der Waals surface area contributed by atoms with E-state index >= 15 is 0 Å². The van der Waals surface area contributed by atoms with Gasteiger partial charge < -0.3 is 5.32 Å². The van der Waals surface area contributed by atoms with Gasteiger partial charge in [0.05, 0.1) is 23.4 Å². The highest BCUT2D eigenvalue weighted by atomic mass is 16.2. The van der Waals surface area contributed by atoms with Crippen LogP contribution in [-0.4, -0.2) is 32.8 Å². The van der Waals surface area contributed by atoms with E-state index in [2.05, 4.69) is 15.5 Å². The number of fused-ring (bicyclic) bond motifs is 1. The van der Waals surface area contributed by atoms with Crippen LogP contribution >= 0.6 is 0 Å². The standard InChI is InChI=1S/C26H18N4O4/c31-23-12-11-22(28-29-23)17-7-4-8-19(13-17)27-24(32)18-9-10-20-21(14-18)26(34)30(25(20)33)15-16-5-2-1-3-6-16/h1-14H,15H2,(H,27,32)(H,29,31). The molecule has 4 aromatic rings. The van der Waals surface area contributed by atoms with Gasteiger partial charge in [0.1, 0.15) is 0 Å². The Morgan fingerprint density at radius 1 is 0.824 bits per heavy atom.